The molecule has 24 heavy (non-hydrogen) atoms. The summed E-state index contributed by atoms with van der Waals surface area (Å²) >= 11 is 0. The van der Waals surface area contributed by atoms with Gasteiger partial charge in [0, 0.05) is 6.54 Å². The van der Waals surface area contributed by atoms with Crippen molar-refractivity contribution < 1.29 is 29.1 Å². The molecule has 124 valence electrons. The number of nitrogens with one attached hydrogen (secondary N) is 1. The quantitative estimate of drug-likeness (QED) is 0.692. The van der Waals surface area contributed by atoms with Gasteiger partial charge in [0.25, 0.3) is 0 Å². The fraction of sp³-hybridized carbons (Fsp3) is 0.188. The molecule has 2 aromatic carbocycles. The van der Waals surface area contributed by atoms with Crippen molar-refractivity contribution in [1.82, 2.24) is 5.32 Å². The van der Waals surface area contributed by atoms with E-state index in [-0.39, 0.29) is 25.4 Å². The normalized spacial score (nSPS) is 11.9. The Morgan fingerprint density at radius 1 is 1.17 bits per heavy atom. The second-order valence-corrected chi connectivity index (χ2v) is 5.19. The molecule has 0 saturated carbocycles. The first-order chi connectivity index (χ1) is 11.6. The van der Waals surface area contributed by atoms with Gasteiger partial charge in [-0.3, -0.25) is 0 Å². The van der Waals surface area contributed by atoms with Gasteiger partial charge in [0.15, 0.2) is 11.5 Å². The van der Waals surface area contributed by atoms with Crippen LogP contribution in [0.2, 0.25) is 0 Å². The Balaban J connectivity index is 1.60. The molecule has 1 heterocycles. The van der Waals surface area contributed by atoms with Gasteiger partial charge in [0.05, 0.1) is 0 Å². The first-order valence-electron chi connectivity index (χ1n) is 7.36. The van der Waals surface area contributed by atoms with E-state index in [1.54, 1.807) is 6.07 Å². The summed E-state index contributed by atoms with van der Waals surface area (Å²) < 4.78 is 15.6. The predicted octanol–water partition coefficient (Wildman–Crippen LogP) is 0.521. The lowest BCUT2D eigenvalue weighted by molar-refractivity contribution is 0.139. The van der Waals surface area contributed by atoms with E-state index < -0.39 is 13.2 Å². The first-order valence-corrected chi connectivity index (χ1v) is 7.36. The number of hydrogen-bond acceptors (Lipinski definition) is 6. The smallest absolute Gasteiger partial charge is 0.454 e. The van der Waals surface area contributed by atoms with Crippen LogP contribution in [0.1, 0.15) is 11.1 Å². The van der Waals surface area contributed by atoms with Crippen LogP contribution in [-0.4, -0.2) is 30.1 Å². The van der Waals surface area contributed by atoms with Crippen molar-refractivity contribution in [3.8, 4) is 11.5 Å². The molecule has 0 fully saturated rings. The second-order valence-electron chi connectivity index (χ2n) is 5.19. The van der Waals surface area contributed by atoms with Crippen LogP contribution in [-0.2, 0) is 17.9 Å². The van der Waals surface area contributed by atoms with Crippen LogP contribution < -0.4 is 20.3 Å². The molecular formula is C16H16BNO6. The zero-order valence-corrected chi connectivity index (χ0v) is 12.8. The molecule has 2 aromatic rings. The predicted molar refractivity (Wildman–Crippen MR) is 85.9 cm³/mol. The van der Waals surface area contributed by atoms with Crippen LogP contribution >= 0.6 is 0 Å². The molecule has 8 heteroatoms. The van der Waals surface area contributed by atoms with Gasteiger partial charge in [-0.1, -0.05) is 30.3 Å². The fourth-order valence-electron chi connectivity index (χ4n) is 2.33. The third-order valence-electron chi connectivity index (χ3n) is 3.55. The molecule has 1 amide bonds. The molecule has 0 saturated heterocycles. The van der Waals surface area contributed by atoms with Gasteiger partial charge in [0.2, 0.25) is 6.79 Å². The van der Waals surface area contributed by atoms with E-state index in [2.05, 4.69) is 5.32 Å². The largest absolute Gasteiger partial charge is 0.488 e. The Morgan fingerprint density at radius 2 is 1.88 bits per heavy atom. The van der Waals surface area contributed by atoms with Crippen LogP contribution in [0.25, 0.3) is 0 Å². The number of fused-ring (bicyclic) bond motifs is 1. The van der Waals surface area contributed by atoms with Crippen molar-refractivity contribution in [3.05, 3.63) is 53.6 Å². The van der Waals surface area contributed by atoms with Gasteiger partial charge in [-0.05, 0) is 28.7 Å². The van der Waals surface area contributed by atoms with Crippen LogP contribution in [0.3, 0.4) is 0 Å². The topological polar surface area (TPSA) is 97.3 Å². The van der Waals surface area contributed by atoms with Crippen LogP contribution in [0.5, 0.6) is 11.5 Å². The molecule has 0 atom stereocenters. The molecular weight excluding hydrogens is 313 g/mol. The Morgan fingerprint density at radius 3 is 2.58 bits per heavy atom. The van der Waals surface area contributed by atoms with Crippen molar-refractivity contribution in [2.75, 3.05) is 6.79 Å². The lowest BCUT2D eigenvalue weighted by atomic mass is 9.76. The van der Waals surface area contributed by atoms with E-state index in [9.17, 15) is 14.8 Å². The van der Waals surface area contributed by atoms with Crippen molar-refractivity contribution in [2.24, 2.45) is 0 Å². The number of alkyl carbamates (subject to hydrolysis) is 1. The van der Waals surface area contributed by atoms with Gasteiger partial charge in [-0.2, -0.15) is 0 Å². The third-order valence-corrected chi connectivity index (χ3v) is 3.55. The summed E-state index contributed by atoms with van der Waals surface area (Å²) in [4.78, 5) is 11.8. The van der Waals surface area contributed by atoms with E-state index in [0.29, 0.717) is 17.1 Å². The van der Waals surface area contributed by atoms with Gasteiger partial charge < -0.3 is 29.6 Å². The Kier molecular flexibility index (Phi) is 4.88. The van der Waals surface area contributed by atoms with E-state index in [1.807, 2.05) is 30.3 Å². The summed E-state index contributed by atoms with van der Waals surface area (Å²) in [6.45, 7) is 0.298. The molecule has 0 aliphatic carbocycles. The van der Waals surface area contributed by atoms with Crippen molar-refractivity contribution >= 4 is 18.7 Å². The van der Waals surface area contributed by atoms with Crippen molar-refractivity contribution in [2.45, 2.75) is 13.2 Å². The standard InChI is InChI=1S/C16H16BNO6/c19-16(22-9-11-4-2-1-3-5-11)18-8-12-6-14-15(24-10-23-14)7-13(12)17(20)21/h1-7,20-21H,8-10H2,(H,18,19). The molecule has 1 aliphatic rings. The highest BCUT2D eigenvalue weighted by Crippen LogP contribution is 2.31. The van der Waals surface area contributed by atoms with Gasteiger partial charge in [-0.25, -0.2) is 4.79 Å². The molecule has 1 aliphatic heterocycles. The minimum Gasteiger partial charge on any atom is -0.454 e. The van der Waals surface area contributed by atoms with E-state index in [4.69, 9.17) is 14.2 Å². The van der Waals surface area contributed by atoms with E-state index in [1.165, 1.54) is 6.07 Å². The lowest BCUT2D eigenvalue weighted by Crippen LogP contribution is -2.36. The number of amides is 1. The number of hydrogen-bond donors (Lipinski definition) is 3. The first kappa shape index (κ1) is 16.2. The summed E-state index contributed by atoms with van der Waals surface area (Å²) in [5, 5.41) is 21.5. The highest BCUT2D eigenvalue weighted by molar-refractivity contribution is 6.59. The zero-order chi connectivity index (χ0) is 16.9. The molecule has 3 N–H and O–H groups in total. The number of ether oxygens (including phenoxy) is 3. The minimum atomic E-state index is -1.68. The Labute approximate surface area is 138 Å². The average molecular weight is 329 g/mol. The summed E-state index contributed by atoms with van der Waals surface area (Å²) in [7, 11) is -1.68. The molecule has 0 spiro atoms. The maximum Gasteiger partial charge on any atom is 0.488 e. The highest BCUT2D eigenvalue weighted by Gasteiger charge is 2.23. The highest BCUT2D eigenvalue weighted by atomic mass is 16.7. The molecule has 0 bridgehead atoms. The average Bonchev–Trinajstić information content (AvgIpc) is 3.05. The number of benzene rings is 2. The third kappa shape index (κ3) is 3.79. The lowest BCUT2D eigenvalue weighted by Gasteiger charge is -2.12. The summed E-state index contributed by atoms with van der Waals surface area (Å²) in [5.74, 6) is 0.933. The van der Waals surface area contributed by atoms with Gasteiger partial charge >= 0.3 is 13.2 Å². The second kappa shape index (κ2) is 7.24. The Hall–Kier alpha value is -2.71. The number of rotatable bonds is 5. The number of carbonyl (C=O) groups is 1. The van der Waals surface area contributed by atoms with Crippen LogP contribution in [0.15, 0.2) is 42.5 Å². The van der Waals surface area contributed by atoms with Gasteiger partial charge in [-0.15, -0.1) is 0 Å². The number of carbonyl (C=O) groups excluding carboxylic acids is 1. The van der Waals surface area contributed by atoms with Crippen molar-refractivity contribution in [3.63, 3.8) is 0 Å². The van der Waals surface area contributed by atoms with Crippen molar-refractivity contribution in [1.29, 1.82) is 0 Å². The SMILES string of the molecule is O=C(NCc1cc2c(cc1B(O)O)OCO2)OCc1ccccc1. The molecule has 7 nitrogen and oxygen atoms in total. The fourth-order valence-corrected chi connectivity index (χ4v) is 2.33. The van der Waals surface area contributed by atoms with Gasteiger partial charge in [0.1, 0.15) is 6.61 Å². The summed E-state index contributed by atoms with van der Waals surface area (Å²) in [6.07, 6.45) is -0.602. The summed E-state index contributed by atoms with van der Waals surface area (Å²) in [6, 6.07) is 12.4. The summed E-state index contributed by atoms with van der Waals surface area (Å²) in [5.41, 5.74) is 1.62. The van der Waals surface area contributed by atoms with E-state index in [0.717, 1.165) is 5.56 Å². The van der Waals surface area contributed by atoms with E-state index >= 15 is 0 Å². The molecule has 0 radical (unpaired) electrons. The maximum absolute atomic E-state index is 11.8. The maximum atomic E-state index is 11.8. The van der Waals surface area contributed by atoms with Crippen LogP contribution in [0.4, 0.5) is 4.79 Å². The monoisotopic (exact) mass is 329 g/mol. The minimum absolute atomic E-state index is 0.0667. The zero-order valence-electron chi connectivity index (χ0n) is 12.8. The molecule has 0 unspecified atom stereocenters. The van der Waals surface area contributed by atoms with Crippen LogP contribution in [0, 0.1) is 0 Å². The molecule has 0 aromatic heterocycles. The molecule has 3 rings (SSSR count). The Bertz CT molecular complexity index is 722.